The molecule has 0 atom stereocenters. The molecule has 1 aromatic heterocycles. The van der Waals surface area contributed by atoms with Gasteiger partial charge in [-0.2, -0.15) is 0 Å². The highest BCUT2D eigenvalue weighted by Gasteiger charge is 2.17. The third kappa shape index (κ3) is 4.61. The smallest absolute Gasteiger partial charge is 0.381 e. The van der Waals surface area contributed by atoms with Crippen LogP contribution >= 0.6 is 0 Å². The number of carboxylic acids is 1. The number of nitro groups is 1. The number of aromatic nitrogens is 2. The Balaban J connectivity index is 2.17. The summed E-state index contributed by atoms with van der Waals surface area (Å²) in [6.45, 7) is 1.54. The Labute approximate surface area is 142 Å². The van der Waals surface area contributed by atoms with Crippen LogP contribution in [0.25, 0.3) is 0 Å². The fourth-order valence-electron chi connectivity index (χ4n) is 2.23. The quantitative estimate of drug-likeness (QED) is 0.572. The van der Waals surface area contributed by atoms with Crippen molar-refractivity contribution < 1.29 is 24.4 Å². The van der Waals surface area contributed by atoms with Gasteiger partial charge in [0.1, 0.15) is 12.7 Å². The number of imidazole rings is 1. The molecule has 10 nitrogen and oxygen atoms in total. The summed E-state index contributed by atoms with van der Waals surface area (Å²) in [6.07, 6.45) is 1.17. The van der Waals surface area contributed by atoms with Crippen molar-refractivity contribution >= 4 is 23.4 Å². The van der Waals surface area contributed by atoms with Crippen molar-refractivity contribution in [2.24, 2.45) is 0 Å². The number of ether oxygens (including phenoxy) is 1. The molecule has 2 N–H and O–H groups in total. The first-order valence-electron chi connectivity index (χ1n) is 7.14. The molecule has 0 aliphatic rings. The zero-order chi connectivity index (χ0) is 18.6. The second-order valence-electron chi connectivity index (χ2n) is 5.24. The van der Waals surface area contributed by atoms with Crippen LogP contribution in [0.3, 0.4) is 0 Å². The molecule has 10 heteroatoms. The van der Waals surface area contributed by atoms with Gasteiger partial charge >= 0.3 is 11.8 Å². The minimum Gasteiger partial charge on any atom is -0.478 e. The summed E-state index contributed by atoms with van der Waals surface area (Å²) in [4.78, 5) is 37.1. The van der Waals surface area contributed by atoms with Gasteiger partial charge in [0.05, 0.1) is 12.2 Å². The maximum absolute atomic E-state index is 12.2. The Morgan fingerprint density at radius 1 is 1.40 bits per heavy atom. The van der Waals surface area contributed by atoms with Gasteiger partial charge < -0.3 is 25.3 Å². The van der Waals surface area contributed by atoms with Gasteiger partial charge in [-0.3, -0.25) is 9.36 Å². The molecule has 1 heterocycles. The molecule has 1 aromatic carbocycles. The number of anilines is 1. The largest absolute Gasteiger partial charge is 0.478 e. The molecular weight excluding hydrogens is 332 g/mol. The van der Waals surface area contributed by atoms with Crippen molar-refractivity contribution in [1.82, 2.24) is 9.55 Å². The summed E-state index contributed by atoms with van der Waals surface area (Å²) in [5, 5.41) is 22.4. The molecule has 1 amide bonds. The molecule has 0 spiro atoms. The lowest BCUT2D eigenvalue weighted by molar-refractivity contribution is -0.389. The van der Waals surface area contributed by atoms with Crippen LogP contribution in [0.1, 0.15) is 21.7 Å². The third-order valence-corrected chi connectivity index (χ3v) is 3.30. The summed E-state index contributed by atoms with van der Waals surface area (Å²) in [5.41, 5.74) is 0.899. The molecule has 0 unspecified atom stereocenters. The lowest BCUT2D eigenvalue weighted by atomic mass is 10.1. The van der Waals surface area contributed by atoms with Crippen molar-refractivity contribution in [3.63, 3.8) is 0 Å². The van der Waals surface area contributed by atoms with Crippen LogP contribution in [0.2, 0.25) is 0 Å². The van der Waals surface area contributed by atoms with E-state index >= 15 is 0 Å². The van der Waals surface area contributed by atoms with Crippen LogP contribution in [0.4, 0.5) is 11.5 Å². The number of benzene rings is 1. The number of nitrogens with zero attached hydrogens (tertiary/aromatic N) is 3. The zero-order valence-electron chi connectivity index (χ0n) is 13.6. The van der Waals surface area contributed by atoms with Gasteiger partial charge in [0, 0.05) is 19.7 Å². The van der Waals surface area contributed by atoms with Crippen molar-refractivity contribution in [2.45, 2.75) is 20.1 Å². The van der Waals surface area contributed by atoms with Crippen LogP contribution < -0.4 is 5.32 Å². The fraction of sp³-hybridized carbons (Fsp3) is 0.267. The van der Waals surface area contributed by atoms with E-state index in [0.717, 1.165) is 0 Å². The number of aryl methyl sites for hydroxylation is 1. The van der Waals surface area contributed by atoms with Crippen molar-refractivity contribution in [1.29, 1.82) is 0 Å². The zero-order valence-corrected chi connectivity index (χ0v) is 13.6. The molecule has 0 fully saturated rings. The molecular formula is C15H16N4O6. The first kappa shape index (κ1) is 18.1. The number of carboxylic acid groups (broad SMARTS) is 1. The monoisotopic (exact) mass is 348 g/mol. The minimum atomic E-state index is -1.13. The van der Waals surface area contributed by atoms with Crippen LogP contribution in [0, 0.1) is 17.0 Å². The van der Waals surface area contributed by atoms with Gasteiger partial charge in [0.15, 0.2) is 0 Å². The van der Waals surface area contributed by atoms with Gasteiger partial charge in [-0.25, -0.2) is 4.79 Å². The van der Waals surface area contributed by atoms with Gasteiger partial charge in [-0.05, 0) is 33.7 Å². The van der Waals surface area contributed by atoms with Gasteiger partial charge in [0.25, 0.3) is 0 Å². The number of methoxy groups -OCH3 is 1. The number of nitrogens with one attached hydrogen (secondary N) is 1. The summed E-state index contributed by atoms with van der Waals surface area (Å²) < 4.78 is 6.32. The number of carbonyl (C=O) groups is 2. The average Bonchev–Trinajstić information content (AvgIpc) is 2.88. The van der Waals surface area contributed by atoms with E-state index < -0.39 is 16.8 Å². The van der Waals surface area contributed by atoms with E-state index in [4.69, 9.17) is 9.84 Å². The second kappa shape index (κ2) is 7.53. The summed E-state index contributed by atoms with van der Waals surface area (Å²) in [5.74, 6) is -1.63. The molecule has 2 rings (SSSR count). The SMILES string of the molecule is COCc1cc(NC(=O)Cn2cc([N+](=O)[O-])nc2C)cc(C(=O)O)c1. The van der Waals surface area contributed by atoms with E-state index in [9.17, 15) is 19.7 Å². The second-order valence-corrected chi connectivity index (χ2v) is 5.24. The molecule has 0 aliphatic heterocycles. The average molecular weight is 348 g/mol. The lowest BCUT2D eigenvalue weighted by Gasteiger charge is -2.09. The van der Waals surface area contributed by atoms with E-state index in [1.807, 2.05) is 0 Å². The number of carbonyl (C=O) groups excluding carboxylic acids is 1. The molecule has 132 valence electrons. The first-order chi connectivity index (χ1) is 11.8. The third-order valence-electron chi connectivity index (χ3n) is 3.30. The topological polar surface area (TPSA) is 137 Å². The van der Waals surface area contributed by atoms with Crippen LogP contribution in [0.5, 0.6) is 0 Å². The predicted molar refractivity (Wildman–Crippen MR) is 86.4 cm³/mol. The predicted octanol–water partition coefficient (Wildman–Crippen LogP) is 1.58. The van der Waals surface area contributed by atoms with Gasteiger partial charge in [-0.1, -0.05) is 0 Å². The summed E-state index contributed by atoms with van der Waals surface area (Å²) in [7, 11) is 1.47. The van der Waals surface area contributed by atoms with Crippen LogP contribution in [-0.4, -0.2) is 38.6 Å². The summed E-state index contributed by atoms with van der Waals surface area (Å²) >= 11 is 0. The molecule has 0 saturated carbocycles. The number of aromatic carboxylic acids is 1. The van der Waals surface area contributed by atoms with E-state index in [1.165, 1.54) is 30.0 Å². The molecule has 2 aromatic rings. The maximum Gasteiger partial charge on any atom is 0.381 e. The van der Waals surface area contributed by atoms with Crippen molar-refractivity contribution in [3.05, 3.63) is 51.5 Å². The fourth-order valence-corrected chi connectivity index (χ4v) is 2.23. The van der Waals surface area contributed by atoms with E-state index in [2.05, 4.69) is 10.3 Å². The number of amides is 1. The van der Waals surface area contributed by atoms with Crippen molar-refractivity contribution in [3.8, 4) is 0 Å². The van der Waals surface area contributed by atoms with Gasteiger partial charge in [-0.15, -0.1) is 0 Å². The maximum atomic E-state index is 12.2. The molecule has 0 aliphatic carbocycles. The van der Waals surface area contributed by atoms with E-state index in [-0.39, 0.29) is 24.5 Å². The van der Waals surface area contributed by atoms with E-state index in [0.29, 0.717) is 17.1 Å². The Kier molecular flexibility index (Phi) is 5.45. The lowest BCUT2D eigenvalue weighted by Crippen LogP contribution is -2.19. The van der Waals surface area contributed by atoms with Crippen molar-refractivity contribution in [2.75, 3.05) is 12.4 Å². The van der Waals surface area contributed by atoms with Crippen LogP contribution in [-0.2, 0) is 22.7 Å². The Bertz CT molecular complexity index is 829. The Morgan fingerprint density at radius 2 is 2.12 bits per heavy atom. The van der Waals surface area contributed by atoms with E-state index in [1.54, 1.807) is 13.0 Å². The number of rotatable bonds is 7. The highest BCUT2D eigenvalue weighted by atomic mass is 16.6. The normalized spacial score (nSPS) is 10.5. The van der Waals surface area contributed by atoms with Gasteiger partial charge in [0.2, 0.25) is 11.7 Å². The minimum absolute atomic E-state index is 0.0132. The summed E-state index contributed by atoms with van der Waals surface area (Å²) in [6, 6.07) is 4.37. The first-order valence-corrected chi connectivity index (χ1v) is 7.14. The molecule has 0 saturated heterocycles. The Hall–Kier alpha value is -3.27. The Morgan fingerprint density at radius 3 is 2.68 bits per heavy atom. The standard InChI is InChI=1S/C15H16N4O6/c1-9-16-13(19(23)24)6-18(9)7-14(20)17-12-4-10(8-25-2)3-11(5-12)15(21)22/h3-6H,7-8H2,1-2H3,(H,17,20)(H,21,22). The molecule has 0 radical (unpaired) electrons. The van der Waals surface area contributed by atoms with Crippen LogP contribution in [0.15, 0.2) is 24.4 Å². The highest BCUT2D eigenvalue weighted by molar-refractivity contribution is 5.94. The number of hydrogen-bond donors (Lipinski definition) is 2. The highest BCUT2D eigenvalue weighted by Crippen LogP contribution is 2.17. The molecule has 0 bridgehead atoms. The number of hydrogen-bond acceptors (Lipinski definition) is 6. The molecule has 25 heavy (non-hydrogen) atoms.